The molecule has 0 aliphatic carbocycles. The molecule has 0 saturated carbocycles. The predicted molar refractivity (Wildman–Crippen MR) is 255 cm³/mol. The first kappa shape index (κ1) is 35.3. The van der Waals surface area contributed by atoms with Gasteiger partial charge in [0.15, 0.2) is 0 Å². The molecule has 1 aromatic heterocycles. The van der Waals surface area contributed by atoms with Crippen molar-refractivity contribution in [3.05, 3.63) is 236 Å². The maximum absolute atomic E-state index is 2.40. The molecule has 0 fully saturated rings. The summed E-state index contributed by atoms with van der Waals surface area (Å²) in [5, 5.41) is 7.31. The lowest BCUT2D eigenvalue weighted by atomic mass is 9.96. The van der Waals surface area contributed by atoms with Gasteiger partial charge in [-0.1, -0.05) is 145 Å². The van der Waals surface area contributed by atoms with Crippen molar-refractivity contribution in [2.45, 2.75) is 6.92 Å². The summed E-state index contributed by atoms with van der Waals surface area (Å²) in [4.78, 5) is 4.76. The minimum absolute atomic E-state index is 1.10. The highest BCUT2D eigenvalue weighted by molar-refractivity contribution is 6.11. The van der Waals surface area contributed by atoms with Crippen LogP contribution in [0.2, 0.25) is 0 Å². The molecule has 0 bridgehead atoms. The van der Waals surface area contributed by atoms with E-state index in [2.05, 4.69) is 252 Å². The number of anilines is 6. The van der Waals surface area contributed by atoms with Gasteiger partial charge in [0.05, 0.1) is 16.7 Å². The lowest BCUT2D eigenvalue weighted by molar-refractivity contribution is 1.18. The summed E-state index contributed by atoms with van der Waals surface area (Å²) >= 11 is 0. The third-order valence-corrected chi connectivity index (χ3v) is 11.8. The number of para-hydroxylation sites is 3. The van der Waals surface area contributed by atoms with E-state index in [1.807, 2.05) is 0 Å². The van der Waals surface area contributed by atoms with Gasteiger partial charge in [0.2, 0.25) is 0 Å². The highest BCUT2D eigenvalue weighted by Gasteiger charge is 2.20. The minimum Gasteiger partial charge on any atom is -0.310 e. The number of benzene rings is 10. The molecule has 11 aromatic rings. The Bertz CT molecular complexity index is 3310. The van der Waals surface area contributed by atoms with E-state index in [0.717, 1.165) is 39.8 Å². The van der Waals surface area contributed by atoms with Gasteiger partial charge in [-0.15, -0.1) is 0 Å². The van der Waals surface area contributed by atoms with Crippen LogP contribution in [-0.4, -0.2) is 4.57 Å². The first-order valence-corrected chi connectivity index (χ1v) is 20.6. The van der Waals surface area contributed by atoms with Crippen molar-refractivity contribution in [2.75, 3.05) is 9.80 Å². The second-order valence-corrected chi connectivity index (χ2v) is 15.5. The Morgan fingerprint density at radius 3 is 1.67 bits per heavy atom. The maximum atomic E-state index is 2.40. The van der Waals surface area contributed by atoms with Gasteiger partial charge in [-0.05, 0) is 125 Å². The zero-order valence-electron chi connectivity index (χ0n) is 33.3. The standard InChI is InChI=1S/C57H41N3/c1-40-24-29-47(30-25-40)59(48-33-26-41-14-8-9-15-43(41)38-48)56-37-35-50(51-20-10-11-21-52(51)56)42-27-31-46(32-28-42)58(44-16-4-2-5-17-44)49-34-36-57-54(39-49)53-22-12-13-23-55(53)60(57)45-18-6-3-7-19-45/h2-39H,1H3. The average Bonchev–Trinajstić information content (AvgIpc) is 3.64. The Morgan fingerprint density at radius 1 is 0.333 bits per heavy atom. The Balaban J connectivity index is 1.01. The van der Waals surface area contributed by atoms with Crippen LogP contribution in [0.15, 0.2) is 231 Å². The van der Waals surface area contributed by atoms with Crippen LogP contribution < -0.4 is 9.80 Å². The predicted octanol–water partition coefficient (Wildman–Crippen LogP) is 16.0. The molecule has 0 N–H and O–H groups in total. The summed E-state index contributed by atoms with van der Waals surface area (Å²) in [6.07, 6.45) is 0. The molecule has 0 saturated heterocycles. The number of rotatable bonds is 8. The van der Waals surface area contributed by atoms with Crippen LogP contribution in [0.5, 0.6) is 0 Å². The van der Waals surface area contributed by atoms with Crippen molar-refractivity contribution in [3.8, 4) is 16.8 Å². The van der Waals surface area contributed by atoms with Crippen LogP contribution >= 0.6 is 0 Å². The summed E-state index contributed by atoms with van der Waals surface area (Å²) in [6, 6.07) is 83.6. The summed E-state index contributed by atoms with van der Waals surface area (Å²) < 4.78 is 2.37. The van der Waals surface area contributed by atoms with Gasteiger partial charge in [0.1, 0.15) is 0 Å². The molecule has 0 radical (unpaired) electrons. The minimum atomic E-state index is 1.10. The van der Waals surface area contributed by atoms with Crippen molar-refractivity contribution in [1.82, 2.24) is 4.57 Å². The number of hydrogen-bond donors (Lipinski definition) is 0. The van der Waals surface area contributed by atoms with Crippen LogP contribution in [0, 0.1) is 6.92 Å². The van der Waals surface area contributed by atoms with E-state index in [1.54, 1.807) is 0 Å². The van der Waals surface area contributed by atoms with Crippen molar-refractivity contribution in [2.24, 2.45) is 0 Å². The molecule has 0 aliphatic heterocycles. The van der Waals surface area contributed by atoms with Crippen LogP contribution in [0.3, 0.4) is 0 Å². The number of fused-ring (bicyclic) bond motifs is 5. The quantitative estimate of drug-likeness (QED) is 0.153. The van der Waals surface area contributed by atoms with Gasteiger partial charge in [0.25, 0.3) is 0 Å². The Labute approximate surface area is 350 Å². The number of hydrogen-bond acceptors (Lipinski definition) is 2. The molecular formula is C57H41N3. The molecule has 3 heteroatoms. The largest absolute Gasteiger partial charge is 0.310 e. The average molecular weight is 768 g/mol. The molecule has 1 heterocycles. The molecule has 3 nitrogen and oxygen atoms in total. The molecular weight excluding hydrogens is 727 g/mol. The van der Waals surface area contributed by atoms with Crippen LogP contribution in [0.1, 0.15) is 5.56 Å². The van der Waals surface area contributed by atoms with Crippen LogP contribution in [0.25, 0.3) is 60.2 Å². The monoisotopic (exact) mass is 767 g/mol. The summed E-state index contributed by atoms with van der Waals surface area (Å²) in [5.74, 6) is 0. The summed E-state index contributed by atoms with van der Waals surface area (Å²) in [5.41, 5.74) is 13.9. The molecule has 0 aliphatic rings. The molecule has 0 atom stereocenters. The zero-order chi connectivity index (χ0) is 40.0. The second kappa shape index (κ2) is 14.8. The fraction of sp³-hybridized carbons (Fsp3) is 0.0175. The maximum Gasteiger partial charge on any atom is 0.0542 e. The molecule has 0 unspecified atom stereocenters. The molecule has 0 spiro atoms. The van der Waals surface area contributed by atoms with Gasteiger partial charge in [-0.3, -0.25) is 0 Å². The number of aromatic nitrogens is 1. The van der Waals surface area contributed by atoms with Gasteiger partial charge in [-0.2, -0.15) is 0 Å². The van der Waals surface area contributed by atoms with E-state index in [4.69, 9.17) is 0 Å². The van der Waals surface area contributed by atoms with Crippen molar-refractivity contribution in [3.63, 3.8) is 0 Å². The summed E-state index contributed by atoms with van der Waals surface area (Å²) in [7, 11) is 0. The molecule has 11 rings (SSSR count). The van der Waals surface area contributed by atoms with Crippen LogP contribution in [0.4, 0.5) is 34.1 Å². The van der Waals surface area contributed by atoms with Gasteiger partial charge < -0.3 is 14.4 Å². The topological polar surface area (TPSA) is 11.4 Å². The highest BCUT2D eigenvalue weighted by atomic mass is 15.1. The van der Waals surface area contributed by atoms with Crippen LogP contribution in [-0.2, 0) is 0 Å². The summed E-state index contributed by atoms with van der Waals surface area (Å²) in [6.45, 7) is 2.14. The third kappa shape index (κ3) is 6.16. The third-order valence-electron chi connectivity index (χ3n) is 11.8. The fourth-order valence-electron chi connectivity index (χ4n) is 8.94. The lowest BCUT2D eigenvalue weighted by Gasteiger charge is -2.28. The highest BCUT2D eigenvalue weighted by Crippen LogP contribution is 2.44. The number of aryl methyl sites for hydroxylation is 1. The Hall–Kier alpha value is -7.88. The van der Waals surface area contributed by atoms with E-state index in [0.29, 0.717) is 0 Å². The normalized spacial score (nSPS) is 11.4. The van der Waals surface area contributed by atoms with Crippen molar-refractivity contribution >= 4 is 77.5 Å². The molecule has 284 valence electrons. The van der Waals surface area contributed by atoms with E-state index >= 15 is 0 Å². The van der Waals surface area contributed by atoms with Crippen molar-refractivity contribution in [1.29, 1.82) is 0 Å². The second-order valence-electron chi connectivity index (χ2n) is 15.5. The van der Waals surface area contributed by atoms with Crippen molar-refractivity contribution < 1.29 is 0 Å². The molecule has 60 heavy (non-hydrogen) atoms. The van der Waals surface area contributed by atoms with E-state index in [1.165, 1.54) is 60.0 Å². The first-order chi connectivity index (χ1) is 29.7. The van der Waals surface area contributed by atoms with E-state index in [9.17, 15) is 0 Å². The molecule has 0 amide bonds. The lowest BCUT2D eigenvalue weighted by Crippen LogP contribution is -2.11. The van der Waals surface area contributed by atoms with Gasteiger partial charge >= 0.3 is 0 Å². The molecule has 10 aromatic carbocycles. The first-order valence-electron chi connectivity index (χ1n) is 20.6. The Kier molecular flexibility index (Phi) is 8.71. The van der Waals surface area contributed by atoms with E-state index < -0.39 is 0 Å². The number of nitrogens with zero attached hydrogens (tertiary/aromatic N) is 3. The van der Waals surface area contributed by atoms with E-state index in [-0.39, 0.29) is 0 Å². The zero-order valence-corrected chi connectivity index (χ0v) is 33.3. The van der Waals surface area contributed by atoms with Gasteiger partial charge in [0, 0.05) is 50.3 Å². The fourth-order valence-corrected chi connectivity index (χ4v) is 8.94. The SMILES string of the molecule is Cc1ccc(N(c2ccc3ccccc3c2)c2ccc(-c3ccc(N(c4ccccc4)c4ccc5c(c4)c4ccccc4n5-c4ccccc4)cc3)c3ccccc23)cc1. The smallest absolute Gasteiger partial charge is 0.0542 e. The Morgan fingerprint density at radius 2 is 0.883 bits per heavy atom. The van der Waals surface area contributed by atoms with Gasteiger partial charge in [-0.25, -0.2) is 0 Å².